The van der Waals surface area contributed by atoms with Crippen molar-refractivity contribution in [1.29, 1.82) is 0 Å². The monoisotopic (exact) mass is 298 g/mol. The molecule has 2 aromatic rings. The second kappa shape index (κ2) is 7.02. The molecule has 22 heavy (non-hydrogen) atoms. The lowest BCUT2D eigenvalue weighted by Gasteiger charge is -2.10. The zero-order valence-electron chi connectivity index (χ0n) is 13.5. The summed E-state index contributed by atoms with van der Waals surface area (Å²) in [7, 11) is 0. The maximum absolute atomic E-state index is 12.2. The molecule has 1 aromatic heterocycles. The van der Waals surface area contributed by atoms with Gasteiger partial charge in [0.1, 0.15) is 5.82 Å². The summed E-state index contributed by atoms with van der Waals surface area (Å²) in [5.74, 6) is 0.947. The van der Waals surface area contributed by atoms with Gasteiger partial charge >= 0.3 is 0 Å². The van der Waals surface area contributed by atoms with Crippen molar-refractivity contribution in [3.63, 3.8) is 0 Å². The van der Waals surface area contributed by atoms with Crippen molar-refractivity contribution in [1.82, 2.24) is 10.2 Å². The van der Waals surface area contributed by atoms with Crippen molar-refractivity contribution in [2.45, 2.75) is 27.7 Å². The number of anilines is 2. The minimum absolute atomic E-state index is 0.253. The summed E-state index contributed by atoms with van der Waals surface area (Å²) in [4.78, 5) is 12.2. The first kappa shape index (κ1) is 15.9. The van der Waals surface area contributed by atoms with E-state index < -0.39 is 0 Å². The number of rotatable bonds is 5. The molecule has 5 nitrogen and oxygen atoms in total. The van der Waals surface area contributed by atoms with Crippen LogP contribution in [0.4, 0.5) is 11.5 Å². The molecule has 2 N–H and O–H groups in total. The molecule has 0 fully saturated rings. The van der Waals surface area contributed by atoms with E-state index in [1.165, 1.54) is 0 Å². The molecular formula is C17H22N4O. The molecule has 2 rings (SSSR count). The number of benzene rings is 1. The highest BCUT2D eigenvalue weighted by molar-refractivity contribution is 6.03. The van der Waals surface area contributed by atoms with Crippen LogP contribution in [0.3, 0.4) is 0 Å². The van der Waals surface area contributed by atoms with Gasteiger partial charge < -0.3 is 10.6 Å². The third-order valence-corrected chi connectivity index (χ3v) is 3.23. The quantitative estimate of drug-likeness (QED) is 0.887. The second-order valence-corrected chi connectivity index (χ2v) is 5.85. The van der Waals surface area contributed by atoms with E-state index in [4.69, 9.17) is 0 Å². The van der Waals surface area contributed by atoms with Crippen LogP contribution in [0.2, 0.25) is 0 Å². The predicted octanol–water partition coefficient (Wildman–Crippen LogP) is 3.41. The van der Waals surface area contributed by atoms with Crippen LogP contribution in [0.15, 0.2) is 30.3 Å². The number of nitrogens with one attached hydrogen (secondary N) is 2. The molecule has 0 spiro atoms. The first-order valence-electron chi connectivity index (χ1n) is 7.42. The van der Waals surface area contributed by atoms with Gasteiger partial charge in [-0.1, -0.05) is 26.0 Å². The number of amides is 1. The highest BCUT2D eigenvalue weighted by atomic mass is 16.1. The zero-order valence-corrected chi connectivity index (χ0v) is 13.5. The summed E-state index contributed by atoms with van der Waals surface area (Å²) >= 11 is 0. The number of aromatic nitrogens is 2. The van der Waals surface area contributed by atoms with Crippen LogP contribution < -0.4 is 10.6 Å². The average molecular weight is 298 g/mol. The maximum Gasteiger partial charge on any atom is 0.276 e. The van der Waals surface area contributed by atoms with Crippen molar-refractivity contribution in [2.75, 3.05) is 17.2 Å². The summed E-state index contributed by atoms with van der Waals surface area (Å²) in [5, 5.41) is 14.1. The number of nitrogens with zero attached hydrogens (tertiary/aromatic N) is 2. The molecule has 1 amide bonds. The smallest absolute Gasteiger partial charge is 0.276 e. The minimum atomic E-state index is -0.253. The van der Waals surface area contributed by atoms with Crippen molar-refractivity contribution < 1.29 is 4.79 Å². The molecule has 0 atom stereocenters. The van der Waals surface area contributed by atoms with Crippen LogP contribution >= 0.6 is 0 Å². The average Bonchev–Trinajstić information content (AvgIpc) is 2.49. The second-order valence-electron chi connectivity index (χ2n) is 5.85. The standard InChI is InChI=1S/C17H22N4O/c1-11(2)10-18-16-8-7-14(20-21-16)17(22)19-15-9-12(3)5-6-13(15)4/h5-9,11H,10H2,1-4H3,(H,18,21)(H,19,22). The Hall–Kier alpha value is -2.43. The third kappa shape index (κ3) is 4.28. The van der Waals surface area contributed by atoms with E-state index in [0.29, 0.717) is 17.4 Å². The summed E-state index contributed by atoms with van der Waals surface area (Å²) in [6.45, 7) is 9.01. The van der Waals surface area contributed by atoms with Gasteiger partial charge in [0, 0.05) is 12.2 Å². The Kier molecular flexibility index (Phi) is 5.09. The number of carbonyl (C=O) groups is 1. The fourth-order valence-corrected chi connectivity index (χ4v) is 1.91. The summed E-state index contributed by atoms with van der Waals surface area (Å²) in [5.41, 5.74) is 3.21. The molecule has 0 saturated carbocycles. The molecule has 0 radical (unpaired) electrons. The van der Waals surface area contributed by atoms with E-state index in [0.717, 1.165) is 23.4 Å². The Morgan fingerprint density at radius 2 is 1.91 bits per heavy atom. The van der Waals surface area contributed by atoms with Crippen LogP contribution in [-0.4, -0.2) is 22.6 Å². The zero-order chi connectivity index (χ0) is 16.1. The van der Waals surface area contributed by atoms with E-state index in [9.17, 15) is 4.79 Å². The Labute approximate surface area is 131 Å². The fraction of sp³-hybridized carbons (Fsp3) is 0.353. The number of carbonyl (C=O) groups excluding carboxylic acids is 1. The van der Waals surface area contributed by atoms with Gasteiger partial charge in [-0.05, 0) is 49.1 Å². The number of hydrogen-bond donors (Lipinski definition) is 2. The lowest BCUT2D eigenvalue weighted by molar-refractivity contribution is 0.102. The van der Waals surface area contributed by atoms with Gasteiger partial charge in [-0.15, -0.1) is 10.2 Å². The van der Waals surface area contributed by atoms with Crippen LogP contribution in [0, 0.1) is 19.8 Å². The molecule has 0 saturated heterocycles. The highest BCUT2D eigenvalue weighted by Crippen LogP contribution is 2.17. The van der Waals surface area contributed by atoms with Crippen molar-refractivity contribution in [2.24, 2.45) is 5.92 Å². The lowest BCUT2D eigenvalue weighted by Crippen LogP contribution is -2.16. The van der Waals surface area contributed by atoms with E-state index in [1.807, 2.05) is 32.0 Å². The Balaban J connectivity index is 2.05. The molecule has 0 aliphatic rings. The van der Waals surface area contributed by atoms with Gasteiger partial charge in [0.15, 0.2) is 5.69 Å². The Morgan fingerprint density at radius 1 is 1.14 bits per heavy atom. The van der Waals surface area contributed by atoms with E-state index in [-0.39, 0.29) is 5.91 Å². The fourth-order valence-electron chi connectivity index (χ4n) is 1.91. The van der Waals surface area contributed by atoms with Gasteiger partial charge in [-0.25, -0.2) is 0 Å². The molecule has 0 aliphatic heterocycles. The lowest BCUT2D eigenvalue weighted by atomic mass is 10.1. The molecule has 5 heteroatoms. The molecule has 0 unspecified atom stereocenters. The molecule has 0 bridgehead atoms. The van der Waals surface area contributed by atoms with Gasteiger partial charge in [0.05, 0.1) is 0 Å². The van der Waals surface area contributed by atoms with Gasteiger partial charge in [0.25, 0.3) is 5.91 Å². The molecule has 116 valence electrons. The maximum atomic E-state index is 12.2. The van der Waals surface area contributed by atoms with E-state index in [2.05, 4.69) is 34.7 Å². The van der Waals surface area contributed by atoms with Crippen LogP contribution in [0.25, 0.3) is 0 Å². The molecular weight excluding hydrogens is 276 g/mol. The largest absolute Gasteiger partial charge is 0.368 e. The van der Waals surface area contributed by atoms with Gasteiger partial charge in [0.2, 0.25) is 0 Å². The van der Waals surface area contributed by atoms with Crippen LogP contribution in [-0.2, 0) is 0 Å². The SMILES string of the molecule is Cc1ccc(C)c(NC(=O)c2ccc(NCC(C)C)nn2)c1. The number of hydrogen-bond acceptors (Lipinski definition) is 4. The Morgan fingerprint density at radius 3 is 2.55 bits per heavy atom. The molecule has 1 aromatic carbocycles. The van der Waals surface area contributed by atoms with E-state index in [1.54, 1.807) is 12.1 Å². The first-order chi connectivity index (χ1) is 10.5. The normalized spacial score (nSPS) is 10.6. The topological polar surface area (TPSA) is 66.9 Å². The third-order valence-electron chi connectivity index (χ3n) is 3.23. The highest BCUT2D eigenvalue weighted by Gasteiger charge is 2.10. The minimum Gasteiger partial charge on any atom is -0.368 e. The molecule has 0 aliphatic carbocycles. The van der Waals surface area contributed by atoms with Gasteiger partial charge in [-0.2, -0.15) is 0 Å². The molecule has 1 heterocycles. The number of aryl methyl sites for hydroxylation is 2. The van der Waals surface area contributed by atoms with Gasteiger partial charge in [-0.3, -0.25) is 4.79 Å². The van der Waals surface area contributed by atoms with Crippen LogP contribution in [0.5, 0.6) is 0 Å². The van der Waals surface area contributed by atoms with Crippen molar-refractivity contribution in [3.05, 3.63) is 47.2 Å². The summed E-state index contributed by atoms with van der Waals surface area (Å²) < 4.78 is 0. The van der Waals surface area contributed by atoms with Crippen molar-refractivity contribution >= 4 is 17.4 Å². The predicted molar refractivity (Wildman–Crippen MR) is 89.2 cm³/mol. The van der Waals surface area contributed by atoms with Crippen molar-refractivity contribution in [3.8, 4) is 0 Å². The van der Waals surface area contributed by atoms with E-state index >= 15 is 0 Å². The van der Waals surface area contributed by atoms with Crippen LogP contribution in [0.1, 0.15) is 35.5 Å². The first-order valence-corrected chi connectivity index (χ1v) is 7.42. The summed E-state index contributed by atoms with van der Waals surface area (Å²) in [6, 6.07) is 9.39. The summed E-state index contributed by atoms with van der Waals surface area (Å²) in [6.07, 6.45) is 0. The Bertz CT molecular complexity index is 650.